The number of likely N-dealkylation sites (tertiary alicyclic amines) is 1. The van der Waals surface area contributed by atoms with Gasteiger partial charge >= 0.3 is 5.97 Å². The lowest BCUT2D eigenvalue weighted by Crippen LogP contribution is -2.45. The molecule has 3 rings (SSSR count). The second-order valence-corrected chi connectivity index (χ2v) is 8.19. The number of methoxy groups -OCH3 is 1. The fourth-order valence-electron chi connectivity index (χ4n) is 3.96. The first-order valence-electron chi connectivity index (χ1n) is 11.0. The van der Waals surface area contributed by atoms with Gasteiger partial charge in [-0.05, 0) is 56.6 Å². The number of allylic oxidation sites excluding steroid dienone is 1. The van der Waals surface area contributed by atoms with E-state index < -0.39 is 12.0 Å². The monoisotopic (exact) mass is 461 g/mol. The van der Waals surface area contributed by atoms with Gasteiger partial charge in [0.25, 0.3) is 5.91 Å². The Morgan fingerprint density at radius 2 is 1.88 bits per heavy atom. The highest BCUT2D eigenvalue weighted by molar-refractivity contribution is 7.80. The summed E-state index contributed by atoms with van der Waals surface area (Å²) in [6.07, 6.45) is 4.39. The number of thiocarbonyl (C=S) groups is 1. The number of ether oxygens (including phenoxy) is 3. The third-order valence-corrected chi connectivity index (χ3v) is 5.82. The van der Waals surface area contributed by atoms with Crippen molar-refractivity contribution in [3.05, 3.63) is 35.0 Å². The third-order valence-electron chi connectivity index (χ3n) is 5.60. The third kappa shape index (κ3) is 5.70. The van der Waals surface area contributed by atoms with Gasteiger partial charge in [-0.2, -0.15) is 0 Å². The fraction of sp³-hybridized carbons (Fsp3) is 0.522. The summed E-state index contributed by atoms with van der Waals surface area (Å²) in [5, 5.41) is 6.52. The maximum Gasteiger partial charge on any atom is 0.338 e. The number of amides is 1. The summed E-state index contributed by atoms with van der Waals surface area (Å²) in [6, 6.07) is 4.86. The molecule has 8 nitrogen and oxygen atoms in total. The van der Waals surface area contributed by atoms with Crippen molar-refractivity contribution >= 4 is 29.2 Å². The highest BCUT2D eigenvalue weighted by atomic mass is 32.1. The van der Waals surface area contributed by atoms with Gasteiger partial charge < -0.3 is 29.7 Å². The normalized spacial score (nSPS) is 18.9. The molecule has 174 valence electrons. The predicted octanol–water partition coefficient (Wildman–Crippen LogP) is 2.83. The fourth-order valence-corrected chi connectivity index (χ4v) is 4.23. The molecule has 2 aliphatic heterocycles. The molecule has 0 aliphatic carbocycles. The van der Waals surface area contributed by atoms with Crippen molar-refractivity contribution in [2.75, 3.05) is 33.4 Å². The van der Waals surface area contributed by atoms with Crippen LogP contribution in [0.1, 0.15) is 51.1 Å². The van der Waals surface area contributed by atoms with Crippen LogP contribution in [0.15, 0.2) is 29.5 Å². The Bertz CT molecular complexity index is 894. The molecule has 32 heavy (non-hydrogen) atoms. The number of hydrogen-bond donors (Lipinski definition) is 2. The Kier molecular flexibility index (Phi) is 8.33. The molecule has 1 amide bonds. The van der Waals surface area contributed by atoms with Crippen molar-refractivity contribution < 1.29 is 23.8 Å². The molecular formula is C23H31N3O5S. The minimum absolute atomic E-state index is 0.0217. The first kappa shape index (κ1) is 23.8. The van der Waals surface area contributed by atoms with Gasteiger partial charge in [0.1, 0.15) is 0 Å². The van der Waals surface area contributed by atoms with Crippen molar-refractivity contribution in [3.8, 4) is 11.5 Å². The van der Waals surface area contributed by atoms with E-state index in [1.54, 1.807) is 26.0 Å². The molecule has 2 aliphatic rings. The molecule has 0 saturated carbocycles. The number of nitrogens with zero attached hydrogens (tertiary/aromatic N) is 1. The summed E-state index contributed by atoms with van der Waals surface area (Å²) in [5.74, 6) is 0.499. The summed E-state index contributed by atoms with van der Waals surface area (Å²) in [6.45, 7) is 5.34. The molecule has 2 N–H and O–H groups in total. The van der Waals surface area contributed by atoms with Crippen LogP contribution in [-0.2, 0) is 14.3 Å². The summed E-state index contributed by atoms with van der Waals surface area (Å²) in [5.41, 5.74) is 1.85. The van der Waals surface area contributed by atoms with E-state index in [9.17, 15) is 9.59 Å². The van der Waals surface area contributed by atoms with Crippen molar-refractivity contribution in [3.63, 3.8) is 0 Å². The van der Waals surface area contributed by atoms with Crippen LogP contribution in [0.4, 0.5) is 0 Å². The largest absolute Gasteiger partial charge is 0.493 e. The minimum atomic E-state index is -0.496. The van der Waals surface area contributed by atoms with Crippen molar-refractivity contribution in [2.24, 2.45) is 0 Å². The lowest BCUT2D eigenvalue weighted by Gasteiger charge is -2.30. The maximum atomic E-state index is 12.6. The quantitative estimate of drug-likeness (QED) is 0.473. The maximum absolute atomic E-state index is 12.6. The second-order valence-electron chi connectivity index (χ2n) is 7.78. The lowest BCUT2D eigenvalue weighted by molar-refractivity contribution is -0.139. The zero-order chi connectivity index (χ0) is 23.1. The summed E-state index contributed by atoms with van der Waals surface area (Å²) in [7, 11) is 1.54. The highest BCUT2D eigenvalue weighted by Crippen LogP contribution is 2.34. The van der Waals surface area contributed by atoms with Crippen molar-refractivity contribution in [2.45, 2.75) is 45.6 Å². The van der Waals surface area contributed by atoms with E-state index in [0.717, 1.165) is 44.3 Å². The molecule has 0 spiro atoms. The molecule has 1 saturated heterocycles. The Morgan fingerprint density at radius 1 is 1.16 bits per heavy atom. The average Bonchev–Trinajstić information content (AvgIpc) is 3.06. The molecule has 0 unspecified atom stereocenters. The number of carbonyl (C=O) groups is 2. The van der Waals surface area contributed by atoms with Crippen molar-refractivity contribution in [1.29, 1.82) is 0 Å². The summed E-state index contributed by atoms with van der Waals surface area (Å²) >= 11 is 5.29. The molecule has 0 aromatic heterocycles. The Balaban J connectivity index is 1.77. The van der Waals surface area contributed by atoms with Crippen LogP contribution in [0.5, 0.6) is 11.5 Å². The lowest BCUT2D eigenvalue weighted by atomic mass is 9.95. The van der Waals surface area contributed by atoms with Gasteiger partial charge in [-0.1, -0.05) is 18.9 Å². The van der Waals surface area contributed by atoms with Crippen LogP contribution in [0.2, 0.25) is 0 Å². The molecule has 1 aromatic carbocycles. The minimum Gasteiger partial charge on any atom is -0.493 e. The number of hydrogen-bond acceptors (Lipinski definition) is 6. The molecule has 2 heterocycles. The molecule has 1 atom stereocenters. The topological polar surface area (TPSA) is 89.1 Å². The van der Waals surface area contributed by atoms with Crippen LogP contribution in [0.25, 0.3) is 0 Å². The number of esters is 1. The number of carbonyl (C=O) groups excluding carboxylic acids is 2. The molecule has 0 radical (unpaired) electrons. The SMILES string of the molecule is CCOC(=O)C1=C(C)NC(=S)N[C@H]1c1ccc(OCC(=O)N2CCCCCC2)c(OC)c1. The first-order chi connectivity index (χ1) is 15.4. The standard InChI is InChI=1S/C23H31N3O5S/c1-4-30-22(28)20-15(2)24-23(32)25-21(20)16-9-10-17(18(13-16)29-3)31-14-19(27)26-11-7-5-6-8-12-26/h9-10,13,21H,4-8,11-12,14H2,1-3H3,(H2,24,25,32)/t21-/m0/s1. The van der Waals surface area contributed by atoms with Crippen molar-refractivity contribution in [1.82, 2.24) is 15.5 Å². The van der Waals surface area contributed by atoms with Gasteiger partial charge in [-0.25, -0.2) is 4.79 Å². The number of rotatable bonds is 7. The first-order valence-corrected chi connectivity index (χ1v) is 11.4. The van der Waals surface area contributed by atoms with Gasteiger partial charge in [0.05, 0.1) is 25.3 Å². The Morgan fingerprint density at radius 3 is 2.53 bits per heavy atom. The second kappa shape index (κ2) is 11.2. The highest BCUT2D eigenvalue weighted by Gasteiger charge is 2.31. The number of benzene rings is 1. The smallest absolute Gasteiger partial charge is 0.338 e. The van der Waals surface area contributed by atoms with E-state index in [1.807, 2.05) is 11.0 Å². The zero-order valence-corrected chi connectivity index (χ0v) is 19.7. The van der Waals surface area contributed by atoms with E-state index in [2.05, 4.69) is 10.6 Å². The van der Waals surface area contributed by atoms with Crippen LogP contribution >= 0.6 is 12.2 Å². The van der Waals surface area contributed by atoms with Crippen LogP contribution in [0.3, 0.4) is 0 Å². The van der Waals surface area contributed by atoms with E-state index in [-0.39, 0.29) is 19.1 Å². The molecule has 9 heteroatoms. The zero-order valence-electron chi connectivity index (χ0n) is 18.9. The van der Waals surface area contributed by atoms with Gasteiger partial charge in [0, 0.05) is 18.8 Å². The van der Waals surface area contributed by atoms with E-state index >= 15 is 0 Å². The van der Waals surface area contributed by atoms with E-state index in [4.69, 9.17) is 26.4 Å². The van der Waals surface area contributed by atoms with Crippen LogP contribution < -0.4 is 20.1 Å². The average molecular weight is 462 g/mol. The van der Waals surface area contributed by atoms with Crippen LogP contribution in [0, 0.1) is 0 Å². The van der Waals surface area contributed by atoms with Crippen LogP contribution in [-0.4, -0.2) is 55.3 Å². The van der Waals surface area contributed by atoms with Gasteiger partial charge in [0.15, 0.2) is 23.2 Å². The van der Waals surface area contributed by atoms with Gasteiger partial charge in [-0.15, -0.1) is 0 Å². The van der Waals surface area contributed by atoms with Gasteiger partial charge in [-0.3, -0.25) is 4.79 Å². The van der Waals surface area contributed by atoms with E-state index in [0.29, 0.717) is 27.9 Å². The van der Waals surface area contributed by atoms with E-state index in [1.165, 1.54) is 7.11 Å². The Hall–Kier alpha value is -2.81. The van der Waals surface area contributed by atoms with Gasteiger partial charge in [0.2, 0.25) is 0 Å². The summed E-state index contributed by atoms with van der Waals surface area (Å²) in [4.78, 5) is 27.0. The number of nitrogens with one attached hydrogen (secondary N) is 2. The molecule has 0 bridgehead atoms. The molecule has 1 fully saturated rings. The summed E-state index contributed by atoms with van der Waals surface area (Å²) < 4.78 is 16.5. The molecule has 1 aromatic rings. The predicted molar refractivity (Wildman–Crippen MR) is 124 cm³/mol. The Labute approximate surface area is 194 Å². The molecular weight excluding hydrogens is 430 g/mol.